The molecule has 0 saturated carbocycles. The lowest BCUT2D eigenvalue weighted by atomic mass is 10.3. The zero-order valence-corrected chi connectivity index (χ0v) is 10.6. The van der Waals surface area contributed by atoms with E-state index in [9.17, 15) is 4.79 Å². The number of piperazine rings is 1. The minimum Gasteiger partial charge on any atom is -0.335 e. The molecule has 18 heavy (non-hydrogen) atoms. The van der Waals surface area contributed by atoms with Crippen LogP contribution in [0.3, 0.4) is 0 Å². The van der Waals surface area contributed by atoms with Crippen LogP contribution in [0.15, 0.2) is 12.4 Å². The lowest BCUT2D eigenvalue weighted by Gasteiger charge is -2.33. The van der Waals surface area contributed by atoms with Gasteiger partial charge in [0.25, 0.3) is 5.91 Å². The van der Waals surface area contributed by atoms with Crippen LogP contribution in [0.25, 0.3) is 0 Å². The van der Waals surface area contributed by atoms with E-state index in [2.05, 4.69) is 20.8 Å². The Hall–Kier alpha value is -1.64. The molecule has 0 N–H and O–H groups in total. The molecule has 0 bridgehead atoms. The first-order valence-electron chi connectivity index (χ1n) is 5.63. The largest absolute Gasteiger partial charge is 0.335 e. The van der Waals surface area contributed by atoms with Gasteiger partial charge in [0.15, 0.2) is 0 Å². The molecule has 94 valence electrons. The summed E-state index contributed by atoms with van der Waals surface area (Å²) in [4.78, 5) is 23.8. The molecule has 1 aliphatic heterocycles. The first-order chi connectivity index (χ1) is 8.70. The van der Waals surface area contributed by atoms with Crippen LogP contribution in [0.5, 0.6) is 0 Å². The molecule has 1 aliphatic rings. The average Bonchev–Trinajstić information content (AvgIpc) is 2.39. The maximum atomic E-state index is 12.1. The zero-order chi connectivity index (χ0) is 13.0. The van der Waals surface area contributed by atoms with E-state index in [-0.39, 0.29) is 16.8 Å². The molecule has 1 fully saturated rings. The van der Waals surface area contributed by atoms with E-state index >= 15 is 0 Å². The molecular weight excluding hydrogens is 252 g/mol. The Balaban J connectivity index is 1.98. The van der Waals surface area contributed by atoms with E-state index in [4.69, 9.17) is 18.0 Å². The molecule has 1 amide bonds. The molecule has 0 spiro atoms. The standard InChI is InChI=1S/C12H13ClN4O/c1-2-3-16-4-6-17(7-5-16)12(18)10-8-14-9-11(13)15-10/h1,8-9H,3-7H2. The zero-order valence-electron chi connectivity index (χ0n) is 9.84. The van der Waals surface area contributed by atoms with E-state index in [1.807, 2.05) is 0 Å². The van der Waals surface area contributed by atoms with Gasteiger partial charge in [-0.3, -0.25) is 14.7 Å². The second-order valence-corrected chi connectivity index (χ2v) is 4.39. The summed E-state index contributed by atoms with van der Waals surface area (Å²) >= 11 is 5.72. The molecular formula is C12H13ClN4O. The highest BCUT2D eigenvalue weighted by Crippen LogP contribution is 2.08. The monoisotopic (exact) mass is 264 g/mol. The number of aromatic nitrogens is 2. The summed E-state index contributed by atoms with van der Waals surface area (Å²) in [6.45, 7) is 3.48. The topological polar surface area (TPSA) is 49.3 Å². The van der Waals surface area contributed by atoms with E-state index in [1.54, 1.807) is 4.90 Å². The molecule has 1 aromatic rings. The predicted molar refractivity (Wildman–Crippen MR) is 68.2 cm³/mol. The number of carbonyl (C=O) groups is 1. The van der Waals surface area contributed by atoms with E-state index < -0.39 is 0 Å². The van der Waals surface area contributed by atoms with Crippen molar-refractivity contribution >= 4 is 17.5 Å². The lowest BCUT2D eigenvalue weighted by molar-refractivity contribution is 0.0646. The third-order valence-corrected chi connectivity index (χ3v) is 2.98. The van der Waals surface area contributed by atoms with Crippen molar-refractivity contribution in [2.24, 2.45) is 0 Å². The number of terminal acetylenes is 1. The van der Waals surface area contributed by atoms with Gasteiger partial charge >= 0.3 is 0 Å². The fraction of sp³-hybridized carbons (Fsp3) is 0.417. The second kappa shape index (κ2) is 5.80. The number of halogens is 1. The Bertz CT molecular complexity index is 477. The van der Waals surface area contributed by atoms with Crippen molar-refractivity contribution in [1.29, 1.82) is 0 Å². The van der Waals surface area contributed by atoms with Crippen LogP contribution >= 0.6 is 11.6 Å². The number of amides is 1. The first kappa shape index (κ1) is 12.8. The molecule has 0 aliphatic carbocycles. The molecule has 1 saturated heterocycles. The Kier molecular flexibility index (Phi) is 4.13. The fourth-order valence-electron chi connectivity index (χ4n) is 1.85. The molecule has 0 atom stereocenters. The molecule has 5 nitrogen and oxygen atoms in total. The summed E-state index contributed by atoms with van der Waals surface area (Å²) in [6.07, 6.45) is 8.09. The van der Waals surface area contributed by atoms with Crippen LogP contribution in [0, 0.1) is 12.3 Å². The number of rotatable bonds is 2. The Morgan fingerprint density at radius 3 is 2.72 bits per heavy atom. The van der Waals surface area contributed by atoms with Crippen molar-refractivity contribution in [3.8, 4) is 12.3 Å². The molecule has 0 unspecified atom stereocenters. The van der Waals surface area contributed by atoms with Crippen molar-refractivity contribution in [2.75, 3.05) is 32.7 Å². The summed E-state index contributed by atoms with van der Waals surface area (Å²) in [7, 11) is 0. The smallest absolute Gasteiger partial charge is 0.274 e. The highest BCUT2D eigenvalue weighted by Gasteiger charge is 2.22. The SMILES string of the molecule is C#CCN1CCN(C(=O)c2cncc(Cl)n2)CC1. The van der Waals surface area contributed by atoms with E-state index in [1.165, 1.54) is 12.4 Å². The number of hydrogen-bond donors (Lipinski definition) is 0. The van der Waals surface area contributed by atoms with Gasteiger partial charge in [-0.05, 0) is 0 Å². The minimum absolute atomic E-state index is 0.134. The molecule has 0 radical (unpaired) electrons. The van der Waals surface area contributed by atoms with Crippen molar-refractivity contribution in [1.82, 2.24) is 19.8 Å². The molecule has 0 aromatic carbocycles. The average molecular weight is 265 g/mol. The van der Waals surface area contributed by atoms with Gasteiger partial charge in [-0.2, -0.15) is 0 Å². The third-order valence-electron chi connectivity index (χ3n) is 2.80. The summed E-state index contributed by atoms with van der Waals surface area (Å²) in [5.74, 6) is 2.47. The second-order valence-electron chi connectivity index (χ2n) is 4.00. The highest BCUT2D eigenvalue weighted by molar-refractivity contribution is 6.29. The van der Waals surface area contributed by atoms with Crippen LogP contribution < -0.4 is 0 Å². The van der Waals surface area contributed by atoms with Gasteiger partial charge in [-0.1, -0.05) is 17.5 Å². The van der Waals surface area contributed by atoms with Crippen molar-refractivity contribution < 1.29 is 4.79 Å². The van der Waals surface area contributed by atoms with Gasteiger partial charge in [0.2, 0.25) is 0 Å². The van der Waals surface area contributed by atoms with E-state index in [0.717, 1.165) is 13.1 Å². The van der Waals surface area contributed by atoms with Crippen LogP contribution in [0.4, 0.5) is 0 Å². The van der Waals surface area contributed by atoms with Gasteiger partial charge in [0.1, 0.15) is 10.8 Å². The first-order valence-corrected chi connectivity index (χ1v) is 6.01. The Morgan fingerprint density at radius 2 is 2.11 bits per heavy atom. The fourth-order valence-corrected chi connectivity index (χ4v) is 1.99. The van der Waals surface area contributed by atoms with Crippen molar-refractivity contribution in [2.45, 2.75) is 0 Å². The lowest BCUT2D eigenvalue weighted by Crippen LogP contribution is -2.48. The summed E-state index contributed by atoms with van der Waals surface area (Å²) in [5, 5.41) is 0.229. The highest BCUT2D eigenvalue weighted by atomic mass is 35.5. The Labute approximate surface area is 111 Å². The summed E-state index contributed by atoms with van der Waals surface area (Å²) in [5.41, 5.74) is 0.285. The number of carbonyl (C=O) groups excluding carboxylic acids is 1. The van der Waals surface area contributed by atoms with Gasteiger partial charge in [0, 0.05) is 26.2 Å². The number of hydrogen-bond acceptors (Lipinski definition) is 4. The molecule has 1 aromatic heterocycles. The van der Waals surface area contributed by atoms with Crippen LogP contribution in [-0.4, -0.2) is 58.4 Å². The minimum atomic E-state index is -0.134. The van der Waals surface area contributed by atoms with Crippen molar-refractivity contribution in [3.63, 3.8) is 0 Å². The van der Waals surface area contributed by atoms with Gasteiger partial charge < -0.3 is 4.90 Å². The third kappa shape index (κ3) is 2.97. The summed E-state index contributed by atoms with van der Waals surface area (Å²) in [6, 6.07) is 0. The van der Waals surface area contributed by atoms with Gasteiger partial charge in [-0.15, -0.1) is 6.42 Å². The van der Waals surface area contributed by atoms with Crippen molar-refractivity contribution in [3.05, 3.63) is 23.2 Å². The van der Waals surface area contributed by atoms with Gasteiger partial charge in [0.05, 0.1) is 18.9 Å². The van der Waals surface area contributed by atoms with Crippen LogP contribution in [0.2, 0.25) is 5.15 Å². The molecule has 2 rings (SSSR count). The molecule has 2 heterocycles. The van der Waals surface area contributed by atoms with Gasteiger partial charge in [-0.25, -0.2) is 4.98 Å². The maximum absolute atomic E-state index is 12.1. The maximum Gasteiger partial charge on any atom is 0.274 e. The Morgan fingerprint density at radius 1 is 1.39 bits per heavy atom. The van der Waals surface area contributed by atoms with E-state index in [0.29, 0.717) is 19.6 Å². The summed E-state index contributed by atoms with van der Waals surface area (Å²) < 4.78 is 0. The quantitative estimate of drug-likeness (QED) is 0.731. The number of nitrogens with zero attached hydrogens (tertiary/aromatic N) is 4. The van der Waals surface area contributed by atoms with Crippen LogP contribution in [0.1, 0.15) is 10.5 Å². The predicted octanol–water partition coefficient (Wildman–Crippen LogP) is 0.521. The normalized spacial score (nSPS) is 16.3. The molecule has 6 heteroatoms. The van der Waals surface area contributed by atoms with Crippen LogP contribution in [-0.2, 0) is 0 Å².